The Balaban J connectivity index is 1.47. The lowest BCUT2D eigenvalue weighted by Gasteiger charge is -2.30. The molecule has 3 N–H and O–H groups in total. The van der Waals surface area contributed by atoms with Crippen molar-refractivity contribution in [3.63, 3.8) is 0 Å². The van der Waals surface area contributed by atoms with Crippen LogP contribution in [0.3, 0.4) is 0 Å². The third-order valence-corrected chi connectivity index (χ3v) is 5.17. The van der Waals surface area contributed by atoms with Crippen LogP contribution in [0.2, 0.25) is 0 Å². The number of carboxylic acid groups (broad SMARTS) is 1. The number of carbonyl (C=O) groups is 2. The maximum absolute atomic E-state index is 12.4. The normalized spacial score (nSPS) is 19.0. The molecule has 0 spiro atoms. The van der Waals surface area contributed by atoms with E-state index < -0.39 is 6.09 Å². The molecule has 1 aliphatic heterocycles. The van der Waals surface area contributed by atoms with Crippen molar-refractivity contribution in [2.24, 2.45) is 5.92 Å². The molecule has 2 fully saturated rings. The van der Waals surface area contributed by atoms with Gasteiger partial charge in [-0.3, -0.25) is 4.79 Å². The van der Waals surface area contributed by atoms with Gasteiger partial charge in [0.15, 0.2) is 0 Å². The highest BCUT2D eigenvalue weighted by Gasteiger charge is 2.22. The molecule has 2 amide bonds. The Morgan fingerprint density at radius 2 is 1.92 bits per heavy atom. The van der Waals surface area contributed by atoms with Crippen LogP contribution in [0.1, 0.15) is 48.9 Å². The van der Waals surface area contributed by atoms with Crippen LogP contribution in [-0.4, -0.2) is 52.7 Å². The number of hydrogen-bond acceptors (Lipinski definition) is 4. The average Bonchev–Trinajstić information content (AvgIpc) is 3.13. The minimum atomic E-state index is -0.860. The number of anilines is 1. The van der Waals surface area contributed by atoms with Crippen molar-refractivity contribution in [3.05, 3.63) is 23.9 Å². The van der Waals surface area contributed by atoms with Crippen LogP contribution < -0.4 is 10.6 Å². The molecular formula is C18H26N4O3. The van der Waals surface area contributed by atoms with Gasteiger partial charge in [0.05, 0.1) is 0 Å². The van der Waals surface area contributed by atoms with Crippen LogP contribution in [0.25, 0.3) is 0 Å². The van der Waals surface area contributed by atoms with Gasteiger partial charge >= 0.3 is 6.09 Å². The van der Waals surface area contributed by atoms with Crippen molar-refractivity contribution in [2.45, 2.75) is 44.6 Å². The molecule has 1 aliphatic carbocycles. The summed E-state index contributed by atoms with van der Waals surface area (Å²) < 4.78 is 0. The van der Waals surface area contributed by atoms with Crippen LogP contribution in [0.15, 0.2) is 18.3 Å². The second-order valence-electron chi connectivity index (χ2n) is 6.98. The SMILES string of the molecule is O=C(NCC1CCN(C(=O)O)CC1)c1ccnc(NC2CCCC2)c1. The second kappa shape index (κ2) is 8.18. The number of hydrogen-bond donors (Lipinski definition) is 3. The summed E-state index contributed by atoms with van der Waals surface area (Å²) >= 11 is 0. The van der Waals surface area contributed by atoms with Crippen molar-refractivity contribution < 1.29 is 14.7 Å². The van der Waals surface area contributed by atoms with Gasteiger partial charge in [0.2, 0.25) is 0 Å². The predicted molar refractivity (Wildman–Crippen MR) is 94.8 cm³/mol. The number of amides is 2. The molecule has 1 aromatic rings. The first-order valence-corrected chi connectivity index (χ1v) is 9.10. The number of nitrogens with zero attached hydrogens (tertiary/aromatic N) is 2. The highest BCUT2D eigenvalue weighted by atomic mass is 16.4. The minimum absolute atomic E-state index is 0.0995. The monoisotopic (exact) mass is 346 g/mol. The highest BCUT2D eigenvalue weighted by Crippen LogP contribution is 2.22. The van der Waals surface area contributed by atoms with Crippen molar-refractivity contribution in [3.8, 4) is 0 Å². The number of rotatable bonds is 5. The van der Waals surface area contributed by atoms with E-state index in [4.69, 9.17) is 5.11 Å². The van der Waals surface area contributed by atoms with E-state index >= 15 is 0 Å². The van der Waals surface area contributed by atoms with E-state index in [0.29, 0.717) is 37.2 Å². The first-order chi connectivity index (χ1) is 12.1. The van der Waals surface area contributed by atoms with Gasteiger partial charge < -0.3 is 20.6 Å². The van der Waals surface area contributed by atoms with Crippen LogP contribution in [0, 0.1) is 5.92 Å². The van der Waals surface area contributed by atoms with Gasteiger partial charge in [-0.1, -0.05) is 12.8 Å². The fourth-order valence-electron chi connectivity index (χ4n) is 3.60. The Morgan fingerprint density at radius 1 is 1.20 bits per heavy atom. The number of aromatic nitrogens is 1. The molecule has 1 saturated carbocycles. The van der Waals surface area contributed by atoms with Crippen LogP contribution >= 0.6 is 0 Å². The lowest BCUT2D eigenvalue weighted by atomic mass is 9.97. The second-order valence-corrected chi connectivity index (χ2v) is 6.98. The standard InChI is InChI=1S/C18H26N4O3/c23-17(20-12-13-6-9-22(10-7-13)18(24)25)14-5-8-19-16(11-14)21-15-3-1-2-4-15/h5,8,11,13,15H,1-4,6-7,9-10,12H2,(H,19,21)(H,20,23)(H,24,25). The molecule has 3 rings (SSSR count). The summed E-state index contributed by atoms with van der Waals surface area (Å²) in [5.74, 6) is 0.990. The molecule has 136 valence electrons. The molecule has 0 aromatic carbocycles. The first-order valence-electron chi connectivity index (χ1n) is 9.10. The Bertz CT molecular complexity index is 608. The fourth-order valence-corrected chi connectivity index (χ4v) is 3.60. The summed E-state index contributed by atoms with van der Waals surface area (Å²) in [7, 11) is 0. The van der Waals surface area contributed by atoms with E-state index in [2.05, 4.69) is 15.6 Å². The van der Waals surface area contributed by atoms with Crippen LogP contribution in [-0.2, 0) is 0 Å². The topological polar surface area (TPSA) is 94.6 Å². The van der Waals surface area contributed by atoms with Gasteiger partial charge in [-0.15, -0.1) is 0 Å². The van der Waals surface area contributed by atoms with Gasteiger partial charge in [0.1, 0.15) is 5.82 Å². The molecule has 1 aromatic heterocycles. The molecule has 7 nitrogen and oxygen atoms in total. The zero-order chi connectivity index (χ0) is 17.6. The van der Waals surface area contributed by atoms with Crippen molar-refractivity contribution in [1.29, 1.82) is 0 Å². The van der Waals surface area contributed by atoms with Crippen LogP contribution in [0.5, 0.6) is 0 Å². The summed E-state index contributed by atoms with van der Waals surface area (Å²) in [6.07, 6.45) is 7.20. The molecular weight excluding hydrogens is 320 g/mol. The molecule has 0 bridgehead atoms. The van der Waals surface area contributed by atoms with Crippen molar-refractivity contribution in [2.75, 3.05) is 25.0 Å². The Labute approximate surface area is 147 Å². The number of pyridine rings is 1. The maximum Gasteiger partial charge on any atom is 0.407 e. The zero-order valence-electron chi connectivity index (χ0n) is 14.4. The third-order valence-electron chi connectivity index (χ3n) is 5.17. The third kappa shape index (κ3) is 4.84. The lowest BCUT2D eigenvalue weighted by Crippen LogP contribution is -2.40. The predicted octanol–water partition coefficient (Wildman–Crippen LogP) is 2.56. The maximum atomic E-state index is 12.4. The van der Waals surface area contributed by atoms with Crippen LogP contribution in [0.4, 0.5) is 10.6 Å². The smallest absolute Gasteiger partial charge is 0.407 e. The van der Waals surface area contributed by atoms with E-state index in [1.165, 1.54) is 17.7 Å². The molecule has 2 aliphatic rings. The van der Waals surface area contributed by atoms with Gasteiger partial charge in [-0.05, 0) is 43.7 Å². The Hall–Kier alpha value is -2.31. The minimum Gasteiger partial charge on any atom is -0.465 e. The van der Waals surface area contributed by atoms with Crippen molar-refractivity contribution in [1.82, 2.24) is 15.2 Å². The first kappa shape index (κ1) is 17.5. The average molecular weight is 346 g/mol. The molecule has 7 heteroatoms. The Kier molecular flexibility index (Phi) is 5.73. The number of nitrogens with one attached hydrogen (secondary N) is 2. The number of piperidine rings is 1. The summed E-state index contributed by atoms with van der Waals surface area (Å²) in [5.41, 5.74) is 0.610. The van der Waals surface area contributed by atoms with E-state index in [-0.39, 0.29) is 5.91 Å². The highest BCUT2D eigenvalue weighted by molar-refractivity contribution is 5.94. The van der Waals surface area contributed by atoms with Gasteiger partial charge in [0, 0.05) is 37.4 Å². The molecule has 0 unspecified atom stereocenters. The van der Waals surface area contributed by atoms with Crippen molar-refractivity contribution >= 4 is 17.8 Å². The summed E-state index contributed by atoms with van der Waals surface area (Å²) in [5, 5.41) is 15.3. The Morgan fingerprint density at radius 3 is 2.60 bits per heavy atom. The van der Waals surface area contributed by atoms with E-state index in [1.807, 2.05) is 0 Å². The molecule has 2 heterocycles. The zero-order valence-corrected chi connectivity index (χ0v) is 14.4. The fraction of sp³-hybridized carbons (Fsp3) is 0.611. The number of carbonyl (C=O) groups excluding carboxylic acids is 1. The number of likely N-dealkylation sites (tertiary alicyclic amines) is 1. The molecule has 1 saturated heterocycles. The van der Waals surface area contributed by atoms with Gasteiger partial charge in [0.25, 0.3) is 5.91 Å². The molecule has 0 atom stereocenters. The molecule has 25 heavy (non-hydrogen) atoms. The quantitative estimate of drug-likeness (QED) is 0.762. The summed E-state index contributed by atoms with van der Waals surface area (Å²) in [4.78, 5) is 29.0. The summed E-state index contributed by atoms with van der Waals surface area (Å²) in [6, 6.07) is 3.99. The van der Waals surface area contributed by atoms with E-state index in [0.717, 1.165) is 31.5 Å². The van der Waals surface area contributed by atoms with Gasteiger partial charge in [-0.25, -0.2) is 9.78 Å². The molecule has 0 radical (unpaired) electrons. The van der Waals surface area contributed by atoms with E-state index in [1.54, 1.807) is 18.3 Å². The van der Waals surface area contributed by atoms with Gasteiger partial charge in [-0.2, -0.15) is 0 Å². The largest absolute Gasteiger partial charge is 0.465 e. The summed E-state index contributed by atoms with van der Waals surface area (Å²) in [6.45, 7) is 1.67. The lowest BCUT2D eigenvalue weighted by molar-refractivity contribution is 0.0928. The van der Waals surface area contributed by atoms with E-state index in [9.17, 15) is 9.59 Å².